The number of nitrogens with zero attached hydrogens (tertiary/aromatic N) is 4. The van der Waals surface area contributed by atoms with E-state index < -0.39 is 0 Å². The van der Waals surface area contributed by atoms with E-state index in [9.17, 15) is 0 Å². The van der Waals surface area contributed by atoms with E-state index in [0.717, 1.165) is 54.0 Å². The van der Waals surface area contributed by atoms with Crippen LogP contribution >= 0.6 is 0 Å². The highest BCUT2D eigenvalue weighted by Gasteiger charge is 2.20. The average Bonchev–Trinajstić information content (AvgIpc) is 3.16. The summed E-state index contributed by atoms with van der Waals surface area (Å²) >= 11 is 0. The number of anilines is 3. The number of aryl methyl sites for hydroxylation is 1. The van der Waals surface area contributed by atoms with E-state index in [4.69, 9.17) is 9.97 Å². The molecule has 142 valence electrons. The van der Waals surface area contributed by atoms with Crippen molar-refractivity contribution in [1.29, 1.82) is 0 Å². The van der Waals surface area contributed by atoms with Gasteiger partial charge in [0, 0.05) is 42.0 Å². The lowest BCUT2D eigenvalue weighted by atomic mass is 10.1. The zero-order valence-corrected chi connectivity index (χ0v) is 16.0. The fourth-order valence-corrected chi connectivity index (χ4v) is 3.65. The minimum atomic E-state index is 0.516. The van der Waals surface area contributed by atoms with Crippen LogP contribution in [0, 0.1) is 0 Å². The number of fused-ring (bicyclic) bond motifs is 1. The largest absolute Gasteiger partial charge is 0.355 e. The molecule has 1 saturated heterocycles. The summed E-state index contributed by atoms with van der Waals surface area (Å²) in [6.07, 6.45) is 6.24. The molecule has 7 nitrogen and oxygen atoms in total. The van der Waals surface area contributed by atoms with Crippen LogP contribution in [0.3, 0.4) is 0 Å². The highest BCUT2D eigenvalue weighted by molar-refractivity contribution is 5.82. The number of aromatic nitrogens is 4. The summed E-state index contributed by atoms with van der Waals surface area (Å²) in [6.45, 7) is 4.21. The number of hydrogen-bond donors (Lipinski definition) is 3. The van der Waals surface area contributed by atoms with Gasteiger partial charge in [0.1, 0.15) is 5.82 Å². The van der Waals surface area contributed by atoms with Crippen LogP contribution in [0.25, 0.3) is 10.9 Å². The maximum atomic E-state index is 4.82. The highest BCUT2D eigenvalue weighted by Crippen LogP contribution is 2.24. The molecule has 0 amide bonds. The van der Waals surface area contributed by atoms with Gasteiger partial charge in [-0.1, -0.05) is 13.3 Å². The van der Waals surface area contributed by atoms with E-state index in [0.29, 0.717) is 12.0 Å². The second-order valence-electron chi connectivity index (χ2n) is 7.16. The van der Waals surface area contributed by atoms with Crippen LogP contribution in [0.4, 0.5) is 17.5 Å². The Kier molecular flexibility index (Phi) is 5.20. The quantitative estimate of drug-likeness (QED) is 0.622. The molecule has 1 fully saturated rings. The van der Waals surface area contributed by atoms with Gasteiger partial charge in [0.25, 0.3) is 0 Å². The van der Waals surface area contributed by atoms with Crippen molar-refractivity contribution in [1.82, 2.24) is 25.5 Å². The number of H-pyrrole nitrogens is 1. The molecular weight excluding hydrogens is 338 g/mol. The predicted octanol–water partition coefficient (Wildman–Crippen LogP) is 3.24. The Bertz CT molecular complexity index is 904. The molecule has 1 aromatic carbocycles. The molecule has 3 aromatic rings. The number of nitrogens with one attached hydrogen (secondary N) is 3. The number of piperidine rings is 1. The molecule has 1 aliphatic rings. The van der Waals surface area contributed by atoms with E-state index in [1.54, 1.807) is 0 Å². The molecule has 0 bridgehead atoms. The Morgan fingerprint density at radius 2 is 2.19 bits per heavy atom. The van der Waals surface area contributed by atoms with Crippen molar-refractivity contribution in [2.45, 2.75) is 38.6 Å². The number of hydrogen-bond acceptors (Lipinski definition) is 6. The van der Waals surface area contributed by atoms with Gasteiger partial charge in [-0.25, -0.2) is 4.98 Å². The maximum absolute atomic E-state index is 4.82. The first-order chi connectivity index (χ1) is 13.2. The first-order valence-corrected chi connectivity index (χ1v) is 9.75. The van der Waals surface area contributed by atoms with E-state index >= 15 is 0 Å². The predicted molar refractivity (Wildman–Crippen MR) is 110 cm³/mol. The Labute approximate surface area is 159 Å². The summed E-state index contributed by atoms with van der Waals surface area (Å²) in [7, 11) is 2.04. The first-order valence-electron chi connectivity index (χ1n) is 9.75. The van der Waals surface area contributed by atoms with Crippen LogP contribution in [0.5, 0.6) is 0 Å². The SMILES string of the molecule is CCCc1cc(N2CCCC(NC)C2)nc(Nc2ccc3cn[nH]c3c2)n1. The van der Waals surface area contributed by atoms with Gasteiger partial charge in [-0.3, -0.25) is 5.10 Å². The van der Waals surface area contributed by atoms with Gasteiger partial charge in [-0.15, -0.1) is 0 Å². The van der Waals surface area contributed by atoms with E-state index in [1.165, 1.54) is 12.8 Å². The molecule has 4 rings (SSSR count). The van der Waals surface area contributed by atoms with E-state index in [2.05, 4.69) is 38.7 Å². The minimum absolute atomic E-state index is 0.516. The third-order valence-electron chi connectivity index (χ3n) is 5.12. The Hall–Kier alpha value is -2.67. The Morgan fingerprint density at radius 1 is 1.26 bits per heavy atom. The van der Waals surface area contributed by atoms with Crippen LogP contribution in [-0.4, -0.2) is 46.3 Å². The lowest BCUT2D eigenvalue weighted by Gasteiger charge is -2.33. The second kappa shape index (κ2) is 7.92. The van der Waals surface area contributed by atoms with Crippen LogP contribution in [-0.2, 0) is 6.42 Å². The second-order valence-corrected chi connectivity index (χ2v) is 7.16. The van der Waals surface area contributed by atoms with Crippen molar-refractivity contribution < 1.29 is 0 Å². The van der Waals surface area contributed by atoms with Crippen molar-refractivity contribution in [2.75, 3.05) is 30.4 Å². The molecule has 1 unspecified atom stereocenters. The molecule has 27 heavy (non-hydrogen) atoms. The van der Waals surface area contributed by atoms with Crippen LogP contribution in [0.1, 0.15) is 31.9 Å². The standard InChI is InChI=1S/C20H27N7/c1-3-5-15-11-19(27-9-4-6-17(13-27)21-2)25-20(23-15)24-16-8-7-14-12-22-26-18(14)10-16/h7-8,10-12,17,21H,3-6,9,13H2,1-2H3,(H,22,26)(H,23,24,25). The van der Waals surface area contributed by atoms with Crippen molar-refractivity contribution in [2.24, 2.45) is 0 Å². The van der Waals surface area contributed by atoms with Crippen molar-refractivity contribution in [3.63, 3.8) is 0 Å². The molecule has 3 heterocycles. The first kappa shape index (κ1) is 17.7. The summed E-state index contributed by atoms with van der Waals surface area (Å²) in [6, 6.07) is 8.77. The molecule has 1 aliphatic heterocycles. The molecule has 1 atom stereocenters. The summed E-state index contributed by atoms with van der Waals surface area (Å²) in [5, 5.41) is 15.0. The molecule has 7 heteroatoms. The maximum Gasteiger partial charge on any atom is 0.229 e. The lowest BCUT2D eigenvalue weighted by molar-refractivity contribution is 0.447. The summed E-state index contributed by atoms with van der Waals surface area (Å²) < 4.78 is 0. The molecule has 0 saturated carbocycles. The monoisotopic (exact) mass is 365 g/mol. The fourth-order valence-electron chi connectivity index (χ4n) is 3.65. The zero-order valence-electron chi connectivity index (χ0n) is 16.0. The summed E-state index contributed by atoms with van der Waals surface area (Å²) in [5.74, 6) is 1.67. The molecule has 2 aromatic heterocycles. The number of aromatic amines is 1. The van der Waals surface area contributed by atoms with E-state index in [1.807, 2.05) is 31.4 Å². The third kappa shape index (κ3) is 4.03. The molecule has 0 aliphatic carbocycles. The van der Waals surface area contributed by atoms with Crippen LogP contribution in [0.2, 0.25) is 0 Å². The summed E-state index contributed by atoms with van der Waals surface area (Å²) in [5.41, 5.74) is 3.04. The van der Waals surface area contributed by atoms with Crippen molar-refractivity contribution in [3.8, 4) is 0 Å². The molecular formula is C20H27N7. The van der Waals surface area contributed by atoms with Gasteiger partial charge >= 0.3 is 0 Å². The zero-order chi connectivity index (χ0) is 18.6. The van der Waals surface area contributed by atoms with Crippen LogP contribution < -0.4 is 15.5 Å². The number of rotatable bonds is 6. The molecule has 0 radical (unpaired) electrons. The number of benzene rings is 1. The average molecular weight is 365 g/mol. The molecule has 3 N–H and O–H groups in total. The normalized spacial score (nSPS) is 17.4. The minimum Gasteiger partial charge on any atom is -0.355 e. The van der Waals surface area contributed by atoms with Gasteiger partial charge < -0.3 is 15.5 Å². The smallest absolute Gasteiger partial charge is 0.229 e. The van der Waals surface area contributed by atoms with Gasteiger partial charge in [-0.2, -0.15) is 10.1 Å². The van der Waals surface area contributed by atoms with Gasteiger partial charge in [-0.05, 0) is 44.5 Å². The van der Waals surface area contributed by atoms with Gasteiger partial charge in [0.15, 0.2) is 0 Å². The highest BCUT2D eigenvalue weighted by atomic mass is 15.2. The summed E-state index contributed by atoms with van der Waals surface area (Å²) in [4.78, 5) is 11.9. The van der Waals surface area contributed by atoms with Crippen molar-refractivity contribution in [3.05, 3.63) is 36.2 Å². The lowest BCUT2D eigenvalue weighted by Crippen LogP contribution is -2.44. The third-order valence-corrected chi connectivity index (χ3v) is 5.12. The Morgan fingerprint density at radius 3 is 3.04 bits per heavy atom. The van der Waals surface area contributed by atoms with Crippen molar-refractivity contribution >= 4 is 28.4 Å². The Balaban J connectivity index is 1.61. The molecule has 0 spiro atoms. The van der Waals surface area contributed by atoms with E-state index in [-0.39, 0.29) is 0 Å². The topological polar surface area (TPSA) is 81.8 Å². The van der Waals surface area contributed by atoms with Crippen LogP contribution in [0.15, 0.2) is 30.5 Å². The number of likely N-dealkylation sites (N-methyl/N-ethyl adjacent to an activating group) is 1. The van der Waals surface area contributed by atoms with Gasteiger partial charge in [0.2, 0.25) is 5.95 Å². The van der Waals surface area contributed by atoms with Gasteiger partial charge in [0.05, 0.1) is 11.7 Å². The fraction of sp³-hybridized carbons (Fsp3) is 0.450.